The topological polar surface area (TPSA) is 182 Å². The van der Waals surface area contributed by atoms with Crippen LogP contribution in [0.1, 0.15) is 71.5 Å². The van der Waals surface area contributed by atoms with E-state index in [4.69, 9.17) is 4.42 Å². The lowest BCUT2D eigenvalue weighted by molar-refractivity contribution is -0.131. The van der Waals surface area contributed by atoms with Crippen molar-refractivity contribution < 1.29 is 28.7 Å². The SMILES string of the molecule is CC(C)[C@@H]1NC(=O)[C@@H](NC(=O)c2cccnc2N2CCN(CCO)CC2)CCCCNC(=O)c2coc(n2)[C@@H](Cc2ccccc2)NC1=O. The molecule has 0 saturated carbocycles. The van der Waals surface area contributed by atoms with Gasteiger partial charge >= 0.3 is 0 Å². The number of benzene rings is 1. The molecule has 2 aliphatic heterocycles. The van der Waals surface area contributed by atoms with Gasteiger partial charge in [-0.05, 0) is 42.9 Å². The summed E-state index contributed by atoms with van der Waals surface area (Å²) in [4.78, 5) is 67.5. The lowest BCUT2D eigenvalue weighted by atomic mass is 10.00. The molecule has 0 radical (unpaired) electrons. The van der Waals surface area contributed by atoms with Gasteiger partial charge in [0.05, 0.1) is 12.2 Å². The molecule has 4 amide bonds. The average Bonchev–Trinajstić information content (AvgIpc) is 3.60. The summed E-state index contributed by atoms with van der Waals surface area (Å²) < 4.78 is 5.69. The molecular formula is C35H46N8O6. The lowest BCUT2D eigenvalue weighted by Crippen LogP contribution is -2.56. The van der Waals surface area contributed by atoms with E-state index < -0.39 is 41.8 Å². The maximum atomic E-state index is 13.9. The van der Waals surface area contributed by atoms with Crippen molar-refractivity contribution in [1.29, 1.82) is 0 Å². The first kappa shape index (κ1) is 35.5. The van der Waals surface area contributed by atoms with Crippen LogP contribution in [0.3, 0.4) is 0 Å². The monoisotopic (exact) mass is 674 g/mol. The van der Waals surface area contributed by atoms with Crippen molar-refractivity contribution in [3.63, 3.8) is 0 Å². The predicted octanol–water partition coefficient (Wildman–Crippen LogP) is 1.44. The molecule has 2 aliphatic rings. The number of nitrogens with zero attached hydrogens (tertiary/aromatic N) is 4. The fraction of sp³-hybridized carbons (Fsp3) is 0.486. The van der Waals surface area contributed by atoms with E-state index in [1.165, 1.54) is 6.26 Å². The minimum absolute atomic E-state index is 0.0858. The molecule has 14 nitrogen and oxygen atoms in total. The number of aromatic nitrogens is 2. The van der Waals surface area contributed by atoms with Gasteiger partial charge in [0.15, 0.2) is 5.69 Å². The summed E-state index contributed by atoms with van der Waals surface area (Å²) >= 11 is 0. The smallest absolute Gasteiger partial charge is 0.273 e. The van der Waals surface area contributed by atoms with Crippen LogP contribution in [-0.4, -0.2) is 102 Å². The maximum Gasteiger partial charge on any atom is 0.273 e. The number of aliphatic hydroxyl groups excluding tert-OH is 1. The Morgan fingerprint density at radius 1 is 1.02 bits per heavy atom. The minimum atomic E-state index is -0.952. The second-order valence-corrected chi connectivity index (χ2v) is 12.8. The van der Waals surface area contributed by atoms with Crippen LogP contribution < -0.4 is 26.2 Å². The van der Waals surface area contributed by atoms with Crippen LogP contribution in [0, 0.1) is 5.92 Å². The van der Waals surface area contributed by atoms with Gasteiger partial charge in [0.25, 0.3) is 11.8 Å². The van der Waals surface area contributed by atoms with E-state index in [0.29, 0.717) is 56.8 Å². The minimum Gasteiger partial charge on any atom is -0.446 e. The molecule has 1 saturated heterocycles. The maximum absolute atomic E-state index is 13.9. The number of aliphatic hydroxyl groups is 1. The zero-order chi connectivity index (χ0) is 34.8. The Balaban J connectivity index is 1.36. The standard InChI is InChI=1S/C35H46N8O6/c1-23(2)29-34(48)39-27(21-24-9-4-3-5-10-24)35-40-28(22-49-35)32(46)37-13-7-6-12-26(33(47)41-29)38-31(45)25-11-8-14-36-30(25)43-17-15-42(16-18-43)19-20-44/h3-5,8-11,14,22-23,26-27,29,44H,6-7,12-13,15-21H2,1-2H3,(H,37,46)(H,38,45)(H,39,48)(H,41,47)/t26-,27+,29-/m0/s1. The van der Waals surface area contributed by atoms with Gasteiger partial charge in [-0.3, -0.25) is 24.1 Å². The summed E-state index contributed by atoms with van der Waals surface area (Å²) in [6, 6.07) is 10.3. The third-order valence-corrected chi connectivity index (χ3v) is 8.85. The molecule has 1 fully saturated rings. The molecule has 5 N–H and O–H groups in total. The van der Waals surface area contributed by atoms with Crippen LogP contribution in [0.5, 0.6) is 0 Å². The number of nitrogens with one attached hydrogen (secondary N) is 4. The van der Waals surface area contributed by atoms with Crippen molar-refractivity contribution in [2.24, 2.45) is 5.92 Å². The van der Waals surface area contributed by atoms with Gasteiger partial charge in [-0.25, -0.2) is 9.97 Å². The lowest BCUT2D eigenvalue weighted by Gasteiger charge is -2.35. The van der Waals surface area contributed by atoms with Gasteiger partial charge in [-0.15, -0.1) is 0 Å². The highest BCUT2D eigenvalue weighted by Crippen LogP contribution is 2.22. The van der Waals surface area contributed by atoms with E-state index >= 15 is 0 Å². The molecule has 14 heteroatoms. The first-order valence-electron chi connectivity index (χ1n) is 17.0. The second-order valence-electron chi connectivity index (χ2n) is 12.8. The number of oxazole rings is 1. The highest BCUT2D eigenvalue weighted by molar-refractivity contribution is 6.01. The number of carbonyl (C=O) groups excluding carboxylic acids is 4. The second kappa shape index (κ2) is 17.0. The van der Waals surface area contributed by atoms with Crippen LogP contribution in [-0.2, 0) is 16.0 Å². The molecule has 2 bridgehead atoms. The number of hydrogen-bond donors (Lipinski definition) is 5. The first-order chi connectivity index (χ1) is 23.7. The molecule has 0 spiro atoms. The summed E-state index contributed by atoms with van der Waals surface area (Å²) in [6.07, 6.45) is 4.58. The Labute approximate surface area is 286 Å². The number of β-amino-alcohol motifs (C(OH)–C–C–N with tert-alkyl or cyclic N) is 1. The van der Waals surface area contributed by atoms with Gasteiger partial charge in [-0.1, -0.05) is 44.2 Å². The third-order valence-electron chi connectivity index (χ3n) is 8.85. The van der Waals surface area contributed by atoms with Gasteiger partial charge in [0.1, 0.15) is 30.2 Å². The van der Waals surface area contributed by atoms with Crippen molar-refractivity contribution in [2.45, 2.75) is 57.7 Å². The number of pyridine rings is 1. The molecule has 0 unspecified atom stereocenters. The fourth-order valence-corrected chi connectivity index (χ4v) is 6.07. The Morgan fingerprint density at radius 3 is 2.53 bits per heavy atom. The number of rotatable bonds is 8. The molecule has 1 aromatic carbocycles. The van der Waals surface area contributed by atoms with Crippen LogP contribution in [0.4, 0.5) is 5.82 Å². The molecule has 5 rings (SSSR count). The quantitative estimate of drug-likeness (QED) is 0.235. The average molecular weight is 675 g/mol. The number of anilines is 1. The first-order valence-corrected chi connectivity index (χ1v) is 17.0. The Morgan fingerprint density at radius 2 is 1.80 bits per heavy atom. The fourth-order valence-electron chi connectivity index (χ4n) is 6.07. The van der Waals surface area contributed by atoms with Crippen molar-refractivity contribution in [3.8, 4) is 0 Å². The molecule has 3 aromatic rings. The Kier molecular flexibility index (Phi) is 12.3. The summed E-state index contributed by atoms with van der Waals surface area (Å²) in [6.45, 7) is 7.39. The summed E-state index contributed by atoms with van der Waals surface area (Å²) in [5.74, 6) is -1.38. The van der Waals surface area contributed by atoms with Crippen molar-refractivity contribution in [2.75, 3.05) is 50.8 Å². The van der Waals surface area contributed by atoms with Crippen LogP contribution in [0.15, 0.2) is 59.3 Å². The summed E-state index contributed by atoms with van der Waals surface area (Å²) in [5, 5.41) is 20.9. The number of hydrogen-bond acceptors (Lipinski definition) is 10. The van der Waals surface area contributed by atoms with E-state index in [0.717, 1.165) is 18.7 Å². The van der Waals surface area contributed by atoms with Gasteiger partial charge in [0.2, 0.25) is 17.7 Å². The van der Waals surface area contributed by atoms with Gasteiger partial charge in [-0.2, -0.15) is 0 Å². The Hall–Kier alpha value is -4.82. The third kappa shape index (κ3) is 9.42. The van der Waals surface area contributed by atoms with Gasteiger partial charge in [0, 0.05) is 51.9 Å². The summed E-state index contributed by atoms with van der Waals surface area (Å²) in [5.41, 5.74) is 1.37. The number of piperazine rings is 1. The molecule has 0 aliphatic carbocycles. The van der Waals surface area contributed by atoms with Crippen molar-refractivity contribution in [1.82, 2.24) is 36.1 Å². The molecule has 262 valence electrons. The van der Waals surface area contributed by atoms with E-state index in [2.05, 4.69) is 36.1 Å². The number of fused-ring (bicyclic) bond motifs is 2. The van der Waals surface area contributed by atoms with Crippen molar-refractivity contribution >= 4 is 29.4 Å². The zero-order valence-corrected chi connectivity index (χ0v) is 28.1. The highest BCUT2D eigenvalue weighted by Gasteiger charge is 2.33. The Bertz CT molecular complexity index is 1570. The predicted molar refractivity (Wildman–Crippen MR) is 182 cm³/mol. The van der Waals surface area contributed by atoms with Crippen LogP contribution in [0.25, 0.3) is 0 Å². The zero-order valence-electron chi connectivity index (χ0n) is 28.1. The van der Waals surface area contributed by atoms with Crippen LogP contribution >= 0.6 is 0 Å². The molecule has 49 heavy (non-hydrogen) atoms. The largest absolute Gasteiger partial charge is 0.446 e. The number of amides is 4. The van der Waals surface area contributed by atoms with E-state index in [-0.39, 0.29) is 30.5 Å². The van der Waals surface area contributed by atoms with Crippen molar-refractivity contribution in [3.05, 3.63) is 77.6 Å². The summed E-state index contributed by atoms with van der Waals surface area (Å²) in [7, 11) is 0. The molecular weight excluding hydrogens is 628 g/mol. The van der Waals surface area contributed by atoms with Gasteiger partial charge < -0.3 is 35.7 Å². The molecule has 2 aromatic heterocycles. The van der Waals surface area contributed by atoms with E-state index in [9.17, 15) is 24.3 Å². The normalized spacial score (nSPS) is 21.5. The molecule has 3 atom stereocenters. The number of carbonyl (C=O) groups is 4. The van der Waals surface area contributed by atoms with E-state index in [1.54, 1.807) is 18.3 Å². The van der Waals surface area contributed by atoms with Crippen LogP contribution in [0.2, 0.25) is 0 Å². The van der Waals surface area contributed by atoms with E-state index in [1.807, 2.05) is 49.1 Å². The molecule has 4 heterocycles. The highest BCUT2D eigenvalue weighted by atomic mass is 16.3.